The Morgan fingerprint density at radius 2 is 0.917 bits per heavy atom. The van der Waals surface area contributed by atoms with Crippen LogP contribution in [0, 0.1) is 5.41 Å². The zero-order valence-electron chi connectivity index (χ0n) is 15.0. The molecule has 0 spiro atoms. The Hall–Kier alpha value is -2.54. The predicted octanol–water partition coefficient (Wildman–Crippen LogP) is 6.84. The average Bonchev–Trinajstić information content (AvgIpc) is 2.89. The molecule has 4 rings (SSSR count). The van der Waals surface area contributed by atoms with Gasteiger partial charge in [-0.3, -0.25) is 0 Å². The Kier molecular flexibility index (Phi) is 4.44. The number of hydrogen-bond donors (Lipinski definition) is 0. The van der Waals surface area contributed by atoms with Gasteiger partial charge < -0.3 is 4.57 Å². The van der Waals surface area contributed by atoms with E-state index in [1.165, 1.54) is 27.5 Å². The van der Waals surface area contributed by atoms with Crippen LogP contribution in [0.15, 0.2) is 78.9 Å². The molecule has 0 aliphatic rings. The summed E-state index contributed by atoms with van der Waals surface area (Å²) in [6.45, 7) is 8.75. The molecule has 122 valence electrons. The second-order valence-electron chi connectivity index (χ2n) is 7.71. The molecule has 0 N–H and O–H groups in total. The minimum Gasteiger partial charge on any atom is -0.309 e. The summed E-state index contributed by atoms with van der Waals surface area (Å²) in [6.07, 6.45) is 0. The minimum absolute atomic E-state index is 0.500. The molecule has 1 aromatic heterocycles. The molecule has 0 fully saturated rings. The van der Waals surface area contributed by atoms with Crippen molar-refractivity contribution in [2.75, 3.05) is 0 Å². The lowest BCUT2D eigenvalue weighted by Gasteiger charge is -2.06. The number of para-hydroxylation sites is 3. The summed E-state index contributed by atoms with van der Waals surface area (Å²) in [6, 6.07) is 27.7. The van der Waals surface area contributed by atoms with Gasteiger partial charge in [0.25, 0.3) is 0 Å². The molecule has 0 aliphatic carbocycles. The zero-order valence-corrected chi connectivity index (χ0v) is 15.0. The third kappa shape index (κ3) is 3.51. The van der Waals surface area contributed by atoms with Gasteiger partial charge in [0, 0.05) is 16.5 Å². The highest BCUT2D eigenvalue weighted by Crippen LogP contribution is 2.31. The van der Waals surface area contributed by atoms with E-state index in [1.54, 1.807) is 0 Å². The molecule has 4 aromatic rings. The first-order valence-electron chi connectivity index (χ1n) is 8.49. The molecular formula is C23H25N. The molecule has 0 saturated heterocycles. The van der Waals surface area contributed by atoms with Gasteiger partial charge in [-0.05, 0) is 29.7 Å². The molecule has 1 nitrogen and oxygen atoms in total. The smallest absolute Gasteiger partial charge is 0.0541 e. The van der Waals surface area contributed by atoms with Crippen LogP contribution in [-0.4, -0.2) is 4.57 Å². The Bertz CT molecular complexity index is 881. The minimum atomic E-state index is 0.500. The van der Waals surface area contributed by atoms with Crippen LogP contribution in [0.1, 0.15) is 27.7 Å². The Labute approximate surface area is 144 Å². The van der Waals surface area contributed by atoms with Crippen molar-refractivity contribution in [1.29, 1.82) is 0 Å². The molecule has 0 amide bonds. The molecule has 0 aliphatic heterocycles. The van der Waals surface area contributed by atoms with Gasteiger partial charge in [0.05, 0.1) is 11.0 Å². The zero-order chi connectivity index (χ0) is 17.2. The molecule has 0 bridgehead atoms. The van der Waals surface area contributed by atoms with E-state index in [4.69, 9.17) is 0 Å². The van der Waals surface area contributed by atoms with Crippen molar-refractivity contribution in [1.82, 2.24) is 4.57 Å². The number of rotatable bonds is 1. The number of hydrogen-bond acceptors (Lipinski definition) is 0. The van der Waals surface area contributed by atoms with Crippen LogP contribution in [-0.2, 0) is 0 Å². The van der Waals surface area contributed by atoms with Crippen LogP contribution in [0.5, 0.6) is 0 Å². The van der Waals surface area contributed by atoms with Crippen LogP contribution in [0.2, 0.25) is 0 Å². The predicted molar refractivity (Wildman–Crippen MR) is 106 cm³/mol. The second-order valence-corrected chi connectivity index (χ2v) is 7.71. The molecule has 24 heavy (non-hydrogen) atoms. The SMILES string of the molecule is CC(C)(C)C.c1ccc(-n2c3ccccc3c3ccccc32)cc1. The van der Waals surface area contributed by atoms with Gasteiger partial charge in [-0.1, -0.05) is 82.3 Å². The maximum absolute atomic E-state index is 2.32. The molecular weight excluding hydrogens is 290 g/mol. The van der Waals surface area contributed by atoms with E-state index in [0.717, 1.165) is 0 Å². The normalized spacial score (nSPS) is 11.3. The number of fused-ring (bicyclic) bond motifs is 3. The lowest BCUT2D eigenvalue weighted by molar-refractivity contribution is 0.469. The monoisotopic (exact) mass is 315 g/mol. The van der Waals surface area contributed by atoms with Gasteiger partial charge >= 0.3 is 0 Å². The summed E-state index contributed by atoms with van der Waals surface area (Å²) >= 11 is 0. The van der Waals surface area contributed by atoms with E-state index in [2.05, 4.69) is 111 Å². The van der Waals surface area contributed by atoms with Crippen LogP contribution in [0.4, 0.5) is 0 Å². The van der Waals surface area contributed by atoms with Gasteiger partial charge in [-0.15, -0.1) is 0 Å². The molecule has 0 radical (unpaired) electrons. The van der Waals surface area contributed by atoms with Gasteiger partial charge in [0.1, 0.15) is 0 Å². The standard InChI is InChI=1S/C18H13N.C5H12/c1-2-8-14(9-3-1)19-17-12-6-4-10-15(17)16-11-5-7-13-18(16)19;1-5(2,3)4/h1-13H;1-4H3. The molecule has 0 saturated carbocycles. The van der Waals surface area contributed by atoms with Crippen molar-refractivity contribution in [2.24, 2.45) is 5.41 Å². The lowest BCUT2D eigenvalue weighted by atomic mass is 10.0. The van der Waals surface area contributed by atoms with E-state index in [1.807, 2.05) is 0 Å². The second kappa shape index (κ2) is 6.52. The van der Waals surface area contributed by atoms with Crippen LogP contribution >= 0.6 is 0 Å². The number of benzene rings is 3. The fourth-order valence-electron chi connectivity index (χ4n) is 2.78. The van der Waals surface area contributed by atoms with Gasteiger partial charge in [-0.25, -0.2) is 0 Å². The molecule has 1 heteroatoms. The highest BCUT2D eigenvalue weighted by Gasteiger charge is 2.10. The highest BCUT2D eigenvalue weighted by molar-refractivity contribution is 6.09. The topological polar surface area (TPSA) is 4.93 Å². The van der Waals surface area contributed by atoms with Crippen molar-refractivity contribution < 1.29 is 0 Å². The number of aromatic nitrogens is 1. The van der Waals surface area contributed by atoms with Gasteiger partial charge in [0.15, 0.2) is 0 Å². The Morgan fingerprint density at radius 1 is 0.542 bits per heavy atom. The third-order valence-corrected chi connectivity index (χ3v) is 3.59. The van der Waals surface area contributed by atoms with Gasteiger partial charge in [0.2, 0.25) is 0 Å². The van der Waals surface area contributed by atoms with Crippen molar-refractivity contribution in [2.45, 2.75) is 27.7 Å². The van der Waals surface area contributed by atoms with Crippen LogP contribution < -0.4 is 0 Å². The van der Waals surface area contributed by atoms with E-state index in [0.29, 0.717) is 5.41 Å². The first kappa shape index (κ1) is 16.3. The van der Waals surface area contributed by atoms with Crippen molar-refractivity contribution in [3.05, 3.63) is 78.9 Å². The maximum atomic E-state index is 2.32. The van der Waals surface area contributed by atoms with Crippen molar-refractivity contribution in [3.63, 3.8) is 0 Å². The maximum Gasteiger partial charge on any atom is 0.0541 e. The Balaban J connectivity index is 0.000000300. The summed E-state index contributed by atoms with van der Waals surface area (Å²) in [4.78, 5) is 0. The van der Waals surface area contributed by atoms with E-state index in [-0.39, 0.29) is 0 Å². The summed E-state index contributed by atoms with van der Waals surface area (Å²) < 4.78 is 2.32. The van der Waals surface area contributed by atoms with Crippen molar-refractivity contribution in [3.8, 4) is 5.69 Å². The highest BCUT2D eigenvalue weighted by atomic mass is 15.0. The van der Waals surface area contributed by atoms with E-state index in [9.17, 15) is 0 Å². The Morgan fingerprint density at radius 3 is 1.38 bits per heavy atom. The number of nitrogens with zero attached hydrogens (tertiary/aromatic N) is 1. The third-order valence-electron chi connectivity index (χ3n) is 3.59. The quantitative estimate of drug-likeness (QED) is 0.362. The molecule has 1 heterocycles. The van der Waals surface area contributed by atoms with E-state index >= 15 is 0 Å². The molecule has 0 atom stereocenters. The summed E-state index contributed by atoms with van der Waals surface area (Å²) in [7, 11) is 0. The first-order valence-corrected chi connectivity index (χ1v) is 8.49. The lowest BCUT2D eigenvalue weighted by Crippen LogP contribution is -1.93. The van der Waals surface area contributed by atoms with Gasteiger partial charge in [-0.2, -0.15) is 0 Å². The molecule has 3 aromatic carbocycles. The fourth-order valence-corrected chi connectivity index (χ4v) is 2.78. The van der Waals surface area contributed by atoms with Crippen LogP contribution in [0.25, 0.3) is 27.5 Å². The average molecular weight is 315 g/mol. The van der Waals surface area contributed by atoms with Crippen molar-refractivity contribution >= 4 is 21.8 Å². The summed E-state index contributed by atoms with van der Waals surface area (Å²) in [5.41, 5.74) is 4.23. The van der Waals surface area contributed by atoms with Crippen LogP contribution in [0.3, 0.4) is 0 Å². The molecule has 0 unspecified atom stereocenters. The first-order chi connectivity index (χ1) is 11.4. The van der Waals surface area contributed by atoms with E-state index < -0.39 is 0 Å². The largest absolute Gasteiger partial charge is 0.309 e. The fraction of sp³-hybridized carbons (Fsp3) is 0.217. The summed E-state index contributed by atoms with van der Waals surface area (Å²) in [5, 5.41) is 2.61. The summed E-state index contributed by atoms with van der Waals surface area (Å²) in [5.74, 6) is 0.